The van der Waals surface area contributed by atoms with Crippen molar-refractivity contribution < 1.29 is 4.79 Å². The van der Waals surface area contributed by atoms with E-state index in [1.165, 1.54) is 22.3 Å². The largest absolute Gasteiger partial charge is 0.357 e. The van der Waals surface area contributed by atoms with Crippen LogP contribution in [0, 0.1) is 20.8 Å². The third-order valence-corrected chi connectivity index (χ3v) is 4.82. The van der Waals surface area contributed by atoms with E-state index in [0.717, 1.165) is 51.6 Å². The monoisotopic (exact) mass is 472 g/mol. The molecule has 0 atom stereocenters. The number of aliphatic imine (C=N–C) groups is 1. The van der Waals surface area contributed by atoms with Gasteiger partial charge in [-0.15, -0.1) is 24.0 Å². The van der Waals surface area contributed by atoms with Crippen LogP contribution in [-0.4, -0.2) is 60.9 Å². The van der Waals surface area contributed by atoms with Crippen molar-refractivity contribution >= 4 is 35.8 Å². The predicted molar refractivity (Wildman–Crippen MR) is 120 cm³/mol. The minimum absolute atomic E-state index is 0. The summed E-state index contributed by atoms with van der Waals surface area (Å²) in [7, 11) is 0. The fourth-order valence-corrected chi connectivity index (χ4v) is 3.54. The summed E-state index contributed by atoms with van der Waals surface area (Å²) in [4.78, 5) is 20.5. The first-order valence-electron chi connectivity index (χ1n) is 9.27. The van der Waals surface area contributed by atoms with Crippen LogP contribution in [0.25, 0.3) is 0 Å². The molecule has 26 heavy (non-hydrogen) atoms. The van der Waals surface area contributed by atoms with Gasteiger partial charge >= 0.3 is 0 Å². The van der Waals surface area contributed by atoms with Gasteiger partial charge in [-0.25, -0.2) is 0 Å². The quantitative estimate of drug-likeness (QED) is 0.417. The van der Waals surface area contributed by atoms with Crippen LogP contribution in [0.5, 0.6) is 0 Å². The molecule has 1 amide bonds. The molecule has 0 spiro atoms. The second-order valence-electron chi connectivity index (χ2n) is 6.86. The molecule has 1 fully saturated rings. The van der Waals surface area contributed by atoms with Crippen molar-refractivity contribution in [3.05, 3.63) is 34.4 Å². The van der Waals surface area contributed by atoms with E-state index in [1.807, 2.05) is 4.90 Å². The molecule has 1 aromatic carbocycles. The Morgan fingerprint density at radius 1 is 1.08 bits per heavy atom. The van der Waals surface area contributed by atoms with E-state index >= 15 is 0 Å². The first-order valence-corrected chi connectivity index (χ1v) is 9.27. The van der Waals surface area contributed by atoms with E-state index < -0.39 is 0 Å². The van der Waals surface area contributed by atoms with Crippen molar-refractivity contribution in [2.24, 2.45) is 4.99 Å². The highest BCUT2D eigenvalue weighted by molar-refractivity contribution is 14.0. The number of benzene rings is 1. The molecule has 6 heteroatoms. The summed E-state index contributed by atoms with van der Waals surface area (Å²) in [6.45, 7) is 15.1. The van der Waals surface area contributed by atoms with Gasteiger partial charge in [-0.2, -0.15) is 0 Å². The molecular formula is C20H33IN4O. The zero-order valence-corrected chi connectivity index (χ0v) is 19.1. The van der Waals surface area contributed by atoms with Crippen LogP contribution >= 0.6 is 24.0 Å². The van der Waals surface area contributed by atoms with Gasteiger partial charge in [0.05, 0.1) is 0 Å². The van der Waals surface area contributed by atoms with Crippen LogP contribution in [0.4, 0.5) is 0 Å². The van der Waals surface area contributed by atoms with Crippen molar-refractivity contribution in [3.63, 3.8) is 0 Å². The Bertz CT molecular complexity index is 614. The smallest absolute Gasteiger partial charge is 0.219 e. The fourth-order valence-electron chi connectivity index (χ4n) is 3.54. The Kier molecular flexibility index (Phi) is 9.39. The summed E-state index contributed by atoms with van der Waals surface area (Å²) >= 11 is 0. The average molecular weight is 472 g/mol. The lowest BCUT2D eigenvalue weighted by molar-refractivity contribution is -0.130. The number of amides is 1. The molecule has 1 aromatic rings. The van der Waals surface area contributed by atoms with Crippen LogP contribution in [-0.2, 0) is 11.2 Å². The Balaban J connectivity index is 0.00000338. The van der Waals surface area contributed by atoms with E-state index in [0.29, 0.717) is 0 Å². The average Bonchev–Trinajstić information content (AvgIpc) is 2.56. The standard InChI is InChI=1S/C20H32N4O.HI/c1-6-21-20(24-11-9-23(10-12-24)18(5)25)22-8-7-19-16(3)13-15(2)14-17(19)4;/h13-14H,6-12H2,1-5H3,(H,21,22);1H. The normalized spacial score (nSPS) is 14.9. The van der Waals surface area contributed by atoms with Gasteiger partial charge in [-0.1, -0.05) is 17.7 Å². The third kappa shape index (κ3) is 6.14. The van der Waals surface area contributed by atoms with E-state index in [1.54, 1.807) is 6.92 Å². The molecule has 0 unspecified atom stereocenters. The highest BCUT2D eigenvalue weighted by Gasteiger charge is 2.20. The zero-order chi connectivity index (χ0) is 18.4. The summed E-state index contributed by atoms with van der Waals surface area (Å²) in [6.07, 6.45) is 0.959. The van der Waals surface area contributed by atoms with Gasteiger partial charge in [0.15, 0.2) is 5.96 Å². The summed E-state index contributed by atoms with van der Waals surface area (Å²) in [5.74, 6) is 1.13. The van der Waals surface area contributed by atoms with E-state index in [4.69, 9.17) is 4.99 Å². The van der Waals surface area contributed by atoms with Crippen LogP contribution in [0.15, 0.2) is 17.1 Å². The van der Waals surface area contributed by atoms with Gasteiger partial charge < -0.3 is 15.1 Å². The molecule has 0 aliphatic carbocycles. The Hall–Kier alpha value is -1.31. The minimum Gasteiger partial charge on any atom is -0.357 e. The number of rotatable bonds is 4. The molecular weight excluding hydrogens is 439 g/mol. The fraction of sp³-hybridized carbons (Fsp3) is 0.600. The number of guanidine groups is 1. The second-order valence-corrected chi connectivity index (χ2v) is 6.86. The molecule has 5 nitrogen and oxygen atoms in total. The highest BCUT2D eigenvalue weighted by atomic mass is 127. The molecule has 1 aliphatic rings. The molecule has 146 valence electrons. The van der Waals surface area contributed by atoms with E-state index in [-0.39, 0.29) is 29.9 Å². The maximum atomic E-state index is 11.5. The third-order valence-electron chi connectivity index (χ3n) is 4.82. The summed E-state index contributed by atoms with van der Waals surface area (Å²) in [5, 5.41) is 3.39. The number of carbonyl (C=O) groups excluding carboxylic acids is 1. The number of hydrogen-bond donors (Lipinski definition) is 1. The lowest BCUT2D eigenvalue weighted by Crippen LogP contribution is -2.53. The van der Waals surface area contributed by atoms with Crippen LogP contribution in [0.3, 0.4) is 0 Å². The van der Waals surface area contributed by atoms with Gasteiger partial charge in [-0.3, -0.25) is 9.79 Å². The van der Waals surface area contributed by atoms with Gasteiger partial charge in [0.25, 0.3) is 0 Å². The lowest BCUT2D eigenvalue weighted by Gasteiger charge is -2.36. The van der Waals surface area contributed by atoms with E-state index in [2.05, 4.69) is 50.0 Å². The SMILES string of the molecule is CCNC(=NCCc1c(C)cc(C)cc1C)N1CCN(C(C)=O)CC1.I. The van der Waals surface area contributed by atoms with Crippen molar-refractivity contribution in [2.45, 2.75) is 41.0 Å². The van der Waals surface area contributed by atoms with Crippen LogP contribution in [0.1, 0.15) is 36.1 Å². The Morgan fingerprint density at radius 3 is 2.12 bits per heavy atom. The van der Waals surface area contributed by atoms with Crippen molar-refractivity contribution in [1.29, 1.82) is 0 Å². The molecule has 0 radical (unpaired) electrons. The predicted octanol–water partition coefficient (Wildman–Crippen LogP) is 2.90. The van der Waals surface area contributed by atoms with Gasteiger partial charge in [0.1, 0.15) is 0 Å². The maximum absolute atomic E-state index is 11.5. The zero-order valence-electron chi connectivity index (χ0n) is 16.8. The molecule has 0 aromatic heterocycles. The Labute approximate surface area is 175 Å². The van der Waals surface area contributed by atoms with Crippen LogP contribution < -0.4 is 5.32 Å². The van der Waals surface area contributed by atoms with Gasteiger partial charge in [-0.05, 0) is 50.8 Å². The van der Waals surface area contributed by atoms with Crippen molar-refractivity contribution in [1.82, 2.24) is 15.1 Å². The topological polar surface area (TPSA) is 47.9 Å². The minimum atomic E-state index is 0. The van der Waals surface area contributed by atoms with Crippen molar-refractivity contribution in [3.8, 4) is 0 Å². The number of nitrogens with zero attached hydrogens (tertiary/aromatic N) is 3. The summed E-state index contributed by atoms with van der Waals surface area (Å²) in [6, 6.07) is 4.50. The molecule has 1 saturated heterocycles. The summed E-state index contributed by atoms with van der Waals surface area (Å²) in [5.41, 5.74) is 5.44. The second kappa shape index (κ2) is 10.7. The highest BCUT2D eigenvalue weighted by Crippen LogP contribution is 2.17. The first-order chi connectivity index (χ1) is 11.9. The molecule has 0 saturated carbocycles. The molecule has 1 heterocycles. The first kappa shape index (κ1) is 22.7. The number of carbonyl (C=O) groups is 1. The number of piperazine rings is 1. The number of aryl methyl sites for hydroxylation is 3. The molecule has 1 N–H and O–H groups in total. The molecule has 2 rings (SSSR count). The lowest BCUT2D eigenvalue weighted by atomic mass is 9.97. The molecule has 1 aliphatic heterocycles. The maximum Gasteiger partial charge on any atom is 0.219 e. The van der Waals surface area contributed by atoms with Crippen LogP contribution in [0.2, 0.25) is 0 Å². The Morgan fingerprint density at radius 2 is 1.62 bits per heavy atom. The van der Waals surface area contributed by atoms with E-state index in [9.17, 15) is 4.79 Å². The number of halogens is 1. The number of nitrogens with one attached hydrogen (secondary N) is 1. The van der Waals surface area contributed by atoms with Gasteiger partial charge in [0.2, 0.25) is 5.91 Å². The number of hydrogen-bond acceptors (Lipinski definition) is 2. The van der Waals surface area contributed by atoms with Gasteiger partial charge in [0, 0.05) is 46.2 Å². The molecule has 0 bridgehead atoms. The van der Waals surface area contributed by atoms with Crippen molar-refractivity contribution in [2.75, 3.05) is 39.3 Å². The summed E-state index contributed by atoms with van der Waals surface area (Å²) < 4.78 is 0.